The Labute approximate surface area is 251 Å². The van der Waals surface area contributed by atoms with Crippen molar-refractivity contribution >= 4 is 16.0 Å². The zero-order valence-electron chi connectivity index (χ0n) is 24.5. The fourth-order valence-electron chi connectivity index (χ4n) is 5.41. The molecule has 0 amide bonds. The van der Waals surface area contributed by atoms with Crippen molar-refractivity contribution in [3.63, 3.8) is 0 Å². The summed E-state index contributed by atoms with van der Waals surface area (Å²) >= 11 is 0. The van der Waals surface area contributed by atoms with E-state index in [4.69, 9.17) is 18.6 Å². The first-order valence-electron chi connectivity index (χ1n) is 14.1. The van der Waals surface area contributed by atoms with Crippen molar-refractivity contribution in [1.82, 2.24) is 4.31 Å². The van der Waals surface area contributed by atoms with Crippen molar-refractivity contribution in [2.75, 3.05) is 27.4 Å². The summed E-state index contributed by atoms with van der Waals surface area (Å²) in [4.78, 5) is 11.5. The van der Waals surface area contributed by atoms with Crippen molar-refractivity contribution < 1.29 is 36.9 Å². The van der Waals surface area contributed by atoms with E-state index in [0.29, 0.717) is 43.1 Å². The third kappa shape index (κ3) is 6.55. The van der Waals surface area contributed by atoms with Crippen LogP contribution in [0.15, 0.2) is 76.0 Å². The minimum absolute atomic E-state index is 0.0570. The summed E-state index contributed by atoms with van der Waals surface area (Å²) in [5, 5.41) is 9.32. The maximum atomic E-state index is 13.7. The summed E-state index contributed by atoms with van der Waals surface area (Å²) in [6.45, 7) is 2.71. The molecule has 0 aliphatic carbocycles. The second kappa shape index (κ2) is 12.9. The van der Waals surface area contributed by atoms with Crippen LogP contribution in [0.4, 0.5) is 0 Å². The number of fused-ring (bicyclic) bond motifs is 1. The maximum absolute atomic E-state index is 13.7. The van der Waals surface area contributed by atoms with E-state index in [2.05, 4.69) is 0 Å². The topological polar surface area (TPSA) is 116 Å². The number of aryl methyl sites for hydroxylation is 2. The second-order valence-corrected chi connectivity index (χ2v) is 12.3. The fourth-order valence-corrected chi connectivity index (χ4v) is 6.83. The van der Waals surface area contributed by atoms with Crippen molar-refractivity contribution in [2.24, 2.45) is 0 Å². The van der Waals surface area contributed by atoms with Crippen LogP contribution >= 0.6 is 0 Å². The molecule has 2 heterocycles. The van der Waals surface area contributed by atoms with Gasteiger partial charge in [-0.2, -0.15) is 4.31 Å². The summed E-state index contributed by atoms with van der Waals surface area (Å²) < 4.78 is 51.6. The Morgan fingerprint density at radius 2 is 1.65 bits per heavy atom. The number of benzene rings is 3. The van der Waals surface area contributed by atoms with Gasteiger partial charge in [0.2, 0.25) is 10.0 Å². The summed E-state index contributed by atoms with van der Waals surface area (Å²) in [7, 11) is -0.925. The second-order valence-electron chi connectivity index (χ2n) is 10.3. The van der Waals surface area contributed by atoms with Gasteiger partial charge in [-0.1, -0.05) is 36.4 Å². The number of sulfonamides is 1. The number of nitrogens with zero attached hydrogens (tertiary/aromatic N) is 1. The summed E-state index contributed by atoms with van der Waals surface area (Å²) in [6.07, 6.45) is 1.30. The van der Waals surface area contributed by atoms with Gasteiger partial charge in [0.15, 0.2) is 11.5 Å². The number of aliphatic carboxylic acids is 1. The number of hydrogen-bond donors (Lipinski definition) is 1. The average Bonchev–Trinajstić information content (AvgIpc) is 3.40. The number of hydrogen-bond acceptors (Lipinski definition) is 7. The van der Waals surface area contributed by atoms with E-state index in [9.17, 15) is 18.3 Å². The highest BCUT2D eigenvalue weighted by atomic mass is 32.2. The lowest BCUT2D eigenvalue weighted by atomic mass is 9.92. The van der Waals surface area contributed by atoms with Gasteiger partial charge < -0.3 is 23.7 Å². The minimum atomic E-state index is -3.87. The highest BCUT2D eigenvalue weighted by molar-refractivity contribution is 7.89. The zero-order chi connectivity index (χ0) is 30.6. The number of rotatable bonds is 12. The highest BCUT2D eigenvalue weighted by Crippen LogP contribution is 2.36. The Kier molecular flexibility index (Phi) is 9.08. The molecule has 0 saturated heterocycles. The molecular weight excluding hydrogens is 570 g/mol. The Morgan fingerprint density at radius 3 is 2.37 bits per heavy atom. The van der Waals surface area contributed by atoms with Crippen molar-refractivity contribution in [3.05, 3.63) is 94.7 Å². The molecule has 0 fully saturated rings. The van der Waals surface area contributed by atoms with Gasteiger partial charge in [0.25, 0.3) is 0 Å². The number of carboxylic acids is 1. The smallest absolute Gasteiger partial charge is 0.303 e. The predicted molar refractivity (Wildman–Crippen MR) is 161 cm³/mol. The Morgan fingerprint density at radius 1 is 0.907 bits per heavy atom. The molecule has 5 rings (SSSR count). The third-order valence-electron chi connectivity index (χ3n) is 7.74. The van der Waals surface area contributed by atoms with Crippen LogP contribution in [-0.2, 0) is 40.6 Å². The molecule has 0 atom stereocenters. The first-order chi connectivity index (χ1) is 20.7. The highest BCUT2D eigenvalue weighted by Gasteiger charge is 2.32. The first-order valence-corrected chi connectivity index (χ1v) is 15.5. The van der Waals surface area contributed by atoms with Crippen LogP contribution in [0.5, 0.6) is 17.2 Å². The molecule has 0 saturated carbocycles. The van der Waals surface area contributed by atoms with Crippen molar-refractivity contribution in [3.8, 4) is 28.6 Å². The monoisotopic (exact) mass is 605 g/mol. The van der Waals surface area contributed by atoms with Gasteiger partial charge in [0.1, 0.15) is 17.3 Å². The van der Waals surface area contributed by atoms with E-state index in [-0.39, 0.29) is 24.4 Å². The number of carboxylic acid groups (broad SMARTS) is 1. The van der Waals surface area contributed by atoms with E-state index in [0.717, 1.165) is 39.3 Å². The molecule has 1 aromatic heterocycles. The van der Waals surface area contributed by atoms with E-state index in [1.165, 1.54) is 30.7 Å². The van der Waals surface area contributed by atoms with Crippen LogP contribution in [0.1, 0.15) is 34.4 Å². The number of furan rings is 1. The Balaban J connectivity index is 1.37. The molecule has 1 aliphatic rings. The van der Waals surface area contributed by atoms with Crippen molar-refractivity contribution in [2.45, 2.75) is 44.0 Å². The average molecular weight is 606 g/mol. The van der Waals surface area contributed by atoms with E-state index in [1.807, 2.05) is 55.5 Å². The molecular formula is C33H35NO8S. The van der Waals surface area contributed by atoms with Gasteiger partial charge in [0.05, 0.1) is 25.7 Å². The molecule has 0 spiro atoms. The summed E-state index contributed by atoms with van der Waals surface area (Å²) in [5.41, 5.74) is 4.57. The molecule has 43 heavy (non-hydrogen) atoms. The van der Waals surface area contributed by atoms with E-state index < -0.39 is 16.0 Å². The molecule has 0 bridgehead atoms. The predicted octanol–water partition coefficient (Wildman–Crippen LogP) is 5.66. The van der Waals surface area contributed by atoms with E-state index >= 15 is 0 Å². The number of ether oxygens (including phenoxy) is 3. The van der Waals surface area contributed by atoms with Crippen LogP contribution in [0, 0.1) is 6.92 Å². The lowest BCUT2D eigenvalue weighted by Gasteiger charge is -2.31. The van der Waals surface area contributed by atoms with Gasteiger partial charge in [-0.05, 0) is 60.7 Å². The lowest BCUT2D eigenvalue weighted by molar-refractivity contribution is -0.136. The molecule has 3 aromatic carbocycles. The van der Waals surface area contributed by atoms with Gasteiger partial charge in [-0.3, -0.25) is 4.79 Å². The van der Waals surface area contributed by atoms with Crippen LogP contribution in [0.2, 0.25) is 0 Å². The molecule has 1 N–H and O–H groups in total. The molecule has 10 heteroatoms. The molecule has 226 valence electrons. The number of carbonyl (C=O) groups is 1. The quantitative estimate of drug-likeness (QED) is 0.220. The van der Waals surface area contributed by atoms with Crippen LogP contribution < -0.4 is 14.2 Å². The van der Waals surface area contributed by atoms with Gasteiger partial charge in [0, 0.05) is 43.1 Å². The fraction of sp³-hybridized carbons (Fsp3) is 0.303. The lowest BCUT2D eigenvalue weighted by Crippen LogP contribution is -2.36. The molecule has 1 aliphatic heterocycles. The zero-order valence-corrected chi connectivity index (χ0v) is 25.3. The third-order valence-corrected chi connectivity index (χ3v) is 9.58. The normalized spacial score (nSPS) is 13.4. The van der Waals surface area contributed by atoms with Gasteiger partial charge in [-0.15, -0.1) is 0 Å². The first kappa shape index (κ1) is 30.2. The number of methoxy groups -OCH3 is 2. The minimum Gasteiger partial charge on any atom is -0.493 e. The summed E-state index contributed by atoms with van der Waals surface area (Å²) in [6, 6.07) is 20.2. The van der Waals surface area contributed by atoms with Crippen LogP contribution in [0.25, 0.3) is 11.3 Å². The molecule has 0 unspecified atom stereocenters. The van der Waals surface area contributed by atoms with Gasteiger partial charge >= 0.3 is 5.97 Å². The van der Waals surface area contributed by atoms with Gasteiger partial charge in [-0.25, -0.2) is 8.42 Å². The largest absolute Gasteiger partial charge is 0.493 e. The standard InChI is InChI=1S/C33H35NO8S/c1-22-25(19-31(42-22)24-7-5-4-6-8-24)16-18-41-29-12-9-23(10-14-33(35)36)28-21-34(17-15-27(28)29)43(37,38)26-11-13-30(39-2)32(20-26)40-3/h4-9,11-13,19-20H,10,14-18,21H2,1-3H3,(H,35,36). The van der Waals surface area contributed by atoms with Crippen LogP contribution in [-0.4, -0.2) is 51.2 Å². The molecule has 4 aromatic rings. The molecule has 0 radical (unpaired) electrons. The Hall–Kier alpha value is -4.28. The SMILES string of the molecule is COc1ccc(S(=O)(=O)N2CCc3c(OCCc4cc(-c5ccccc5)oc4C)ccc(CCC(=O)O)c3C2)cc1OC. The molecule has 9 nitrogen and oxygen atoms in total. The Bertz CT molecular complexity index is 1710. The van der Waals surface area contributed by atoms with Crippen LogP contribution in [0.3, 0.4) is 0 Å². The maximum Gasteiger partial charge on any atom is 0.303 e. The van der Waals surface area contributed by atoms with E-state index in [1.54, 1.807) is 6.07 Å². The summed E-state index contributed by atoms with van der Waals surface area (Å²) in [5.74, 6) is 2.17. The van der Waals surface area contributed by atoms with Crippen molar-refractivity contribution in [1.29, 1.82) is 0 Å².